The fourth-order valence-electron chi connectivity index (χ4n) is 4.55. The van der Waals surface area contributed by atoms with E-state index >= 15 is 0 Å². The number of ether oxygens (including phenoxy) is 2. The van der Waals surface area contributed by atoms with Crippen molar-refractivity contribution >= 4 is 29.4 Å². The molecule has 0 unspecified atom stereocenters. The molecule has 2 aromatic rings. The van der Waals surface area contributed by atoms with E-state index in [1.807, 2.05) is 0 Å². The van der Waals surface area contributed by atoms with Gasteiger partial charge in [0, 0.05) is 23.5 Å². The molecule has 37 heavy (non-hydrogen) atoms. The van der Waals surface area contributed by atoms with Gasteiger partial charge in [0.25, 0.3) is 17.5 Å². The number of dihydropyridines is 1. The number of carbonyl (C=O) groups excluding carboxylic acids is 4. The van der Waals surface area contributed by atoms with E-state index in [1.54, 1.807) is 44.2 Å². The largest absolute Gasteiger partial charge is 0.466 e. The highest BCUT2D eigenvalue weighted by Crippen LogP contribution is 2.40. The monoisotopic (exact) mass is 505 g/mol. The summed E-state index contributed by atoms with van der Waals surface area (Å²) in [6.07, 6.45) is 0. The second kappa shape index (κ2) is 10.1. The molecule has 0 bridgehead atoms. The normalized spacial score (nSPS) is 16.9. The minimum atomic E-state index is -1.01. The van der Waals surface area contributed by atoms with Crippen molar-refractivity contribution in [2.45, 2.75) is 19.8 Å². The highest BCUT2D eigenvalue weighted by Gasteiger charge is 2.39. The third-order valence-electron chi connectivity index (χ3n) is 6.23. The molecule has 2 aliphatic heterocycles. The Morgan fingerprint density at radius 2 is 1.57 bits per heavy atom. The quantitative estimate of drug-likeness (QED) is 0.260. The molecule has 2 amide bonds. The number of allylic oxidation sites excluding steroid dienone is 2. The summed E-state index contributed by atoms with van der Waals surface area (Å²) in [5, 5.41) is 14.4. The van der Waals surface area contributed by atoms with Crippen LogP contribution in [0, 0.1) is 10.1 Å². The topological polar surface area (TPSA) is 145 Å². The molecule has 2 aliphatic rings. The molecule has 1 N–H and O–H groups in total. The number of rotatable bonds is 7. The zero-order chi connectivity index (χ0) is 26.9. The van der Waals surface area contributed by atoms with Gasteiger partial charge in [-0.3, -0.25) is 24.6 Å². The summed E-state index contributed by atoms with van der Waals surface area (Å²) < 4.78 is 10.4. The molecule has 11 nitrogen and oxygen atoms in total. The first-order chi connectivity index (χ1) is 17.6. The maximum absolute atomic E-state index is 13.3. The van der Waals surface area contributed by atoms with E-state index in [9.17, 15) is 29.3 Å². The predicted molar refractivity (Wildman–Crippen MR) is 129 cm³/mol. The molecule has 4 rings (SSSR count). The zero-order valence-electron chi connectivity index (χ0n) is 20.3. The number of fused-ring (bicyclic) bond motifs is 1. The van der Waals surface area contributed by atoms with Crippen molar-refractivity contribution in [3.05, 3.63) is 97.9 Å². The number of esters is 2. The number of nitrogens with one attached hydrogen (secondary N) is 1. The van der Waals surface area contributed by atoms with E-state index in [1.165, 1.54) is 25.3 Å². The van der Waals surface area contributed by atoms with Crippen LogP contribution >= 0.6 is 0 Å². The smallest absolute Gasteiger partial charge is 0.336 e. The van der Waals surface area contributed by atoms with Crippen LogP contribution in [0.3, 0.4) is 0 Å². The standard InChI is InChI=1S/C26H23N3O8/c1-14-20(25(32)36-3)22(16-7-6-8-17(13-16)29(34)35)21(15(2)27-14)26(33)37-12-11-28-23(30)18-9-4-5-10-19(18)24(28)31/h4-10,13,22,27H,11-12H2,1-3H3/t22-/m0/s1. The average molecular weight is 505 g/mol. The van der Waals surface area contributed by atoms with Crippen LogP contribution in [-0.4, -0.2) is 53.8 Å². The van der Waals surface area contributed by atoms with E-state index in [0.29, 0.717) is 17.0 Å². The Kier molecular flexibility index (Phi) is 6.87. The van der Waals surface area contributed by atoms with Crippen molar-refractivity contribution in [2.24, 2.45) is 0 Å². The number of benzene rings is 2. The van der Waals surface area contributed by atoms with Crippen LogP contribution < -0.4 is 5.32 Å². The SMILES string of the molecule is COC(=O)C1=C(C)NC(C)=C(C(=O)OCCN2C(=O)c3ccccc3C2=O)[C@H]1c1cccc([N+](=O)[O-])c1. The number of methoxy groups -OCH3 is 1. The van der Waals surface area contributed by atoms with Crippen molar-refractivity contribution in [3.63, 3.8) is 0 Å². The molecule has 2 aromatic carbocycles. The Bertz CT molecular complexity index is 1370. The predicted octanol–water partition coefficient (Wildman–Crippen LogP) is 2.84. The molecule has 0 radical (unpaired) electrons. The summed E-state index contributed by atoms with van der Waals surface area (Å²) >= 11 is 0. The second-order valence-corrected chi connectivity index (χ2v) is 8.42. The van der Waals surface area contributed by atoms with Crippen molar-refractivity contribution in [1.29, 1.82) is 0 Å². The average Bonchev–Trinajstić information content (AvgIpc) is 3.12. The lowest BCUT2D eigenvalue weighted by atomic mass is 9.80. The highest BCUT2D eigenvalue weighted by atomic mass is 16.6. The maximum Gasteiger partial charge on any atom is 0.336 e. The Labute approximate surface area is 211 Å². The van der Waals surface area contributed by atoms with Crippen LogP contribution in [0.25, 0.3) is 0 Å². The van der Waals surface area contributed by atoms with Gasteiger partial charge in [-0.1, -0.05) is 24.3 Å². The fraction of sp³-hybridized carbons (Fsp3) is 0.231. The lowest BCUT2D eigenvalue weighted by Crippen LogP contribution is -2.35. The van der Waals surface area contributed by atoms with Gasteiger partial charge in [-0.05, 0) is 31.5 Å². The second-order valence-electron chi connectivity index (χ2n) is 8.42. The summed E-state index contributed by atoms with van der Waals surface area (Å²) in [6, 6.07) is 12.0. The molecular formula is C26H23N3O8. The summed E-state index contributed by atoms with van der Waals surface area (Å²) in [5.41, 5.74) is 1.62. The van der Waals surface area contributed by atoms with Crippen LogP contribution in [0.5, 0.6) is 0 Å². The molecule has 0 saturated heterocycles. The van der Waals surface area contributed by atoms with Gasteiger partial charge in [0.05, 0.1) is 46.8 Å². The Morgan fingerprint density at radius 1 is 0.973 bits per heavy atom. The van der Waals surface area contributed by atoms with Crippen LogP contribution in [0.4, 0.5) is 5.69 Å². The lowest BCUT2D eigenvalue weighted by Gasteiger charge is -2.30. The Morgan fingerprint density at radius 3 is 2.14 bits per heavy atom. The van der Waals surface area contributed by atoms with Crippen molar-refractivity contribution in [2.75, 3.05) is 20.3 Å². The number of nitrogens with zero attached hydrogens (tertiary/aromatic N) is 2. The molecule has 0 aliphatic carbocycles. The van der Waals surface area contributed by atoms with Crippen molar-refractivity contribution in [1.82, 2.24) is 10.2 Å². The van der Waals surface area contributed by atoms with E-state index in [0.717, 1.165) is 4.90 Å². The number of hydrogen-bond acceptors (Lipinski definition) is 9. The summed E-state index contributed by atoms with van der Waals surface area (Å²) in [7, 11) is 1.19. The van der Waals surface area contributed by atoms with Crippen LogP contribution in [0.2, 0.25) is 0 Å². The first-order valence-electron chi connectivity index (χ1n) is 11.3. The summed E-state index contributed by atoms with van der Waals surface area (Å²) in [5.74, 6) is -3.50. The molecule has 11 heteroatoms. The van der Waals surface area contributed by atoms with Gasteiger partial charge in [0.2, 0.25) is 0 Å². The maximum atomic E-state index is 13.3. The van der Waals surface area contributed by atoms with Crippen LogP contribution in [0.15, 0.2) is 71.1 Å². The Hall–Kier alpha value is -4.80. The third kappa shape index (κ3) is 4.58. The van der Waals surface area contributed by atoms with E-state index in [4.69, 9.17) is 9.47 Å². The van der Waals surface area contributed by atoms with E-state index < -0.39 is 34.6 Å². The van der Waals surface area contributed by atoms with Gasteiger partial charge in [-0.25, -0.2) is 9.59 Å². The number of nitro benzene ring substituents is 1. The number of amides is 2. The van der Waals surface area contributed by atoms with Gasteiger partial charge in [0.15, 0.2) is 0 Å². The Balaban J connectivity index is 1.60. The van der Waals surface area contributed by atoms with Crippen LogP contribution in [0.1, 0.15) is 46.0 Å². The summed E-state index contributed by atoms with van der Waals surface area (Å²) in [6.45, 7) is 2.78. The number of imide groups is 1. The van der Waals surface area contributed by atoms with E-state index in [2.05, 4.69) is 5.32 Å². The van der Waals surface area contributed by atoms with Gasteiger partial charge >= 0.3 is 11.9 Å². The number of non-ortho nitro benzene ring substituents is 1. The molecule has 0 saturated carbocycles. The first kappa shape index (κ1) is 25.3. The molecular weight excluding hydrogens is 482 g/mol. The zero-order valence-corrected chi connectivity index (χ0v) is 20.3. The van der Waals surface area contributed by atoms with Crippen molar-refractivity contribution < 1.29 is 33.6 Å². The first-order valence-corrected chi connectivity index (χ1v) is 11.3. The minimum absolute atomic E-state index is 0.0499. The summed E-state index contributed by atoms with van der Waals surface area (Å²) in [4.78, 5) is 63.0. The van der Waals surface area contributed by atoms with Gasteiger partial charge in [-0.15, -0.1) is 0 Å². The molecule has 0 fully saturated rings. The number of nitro groups is 1. The van der Waals surface area contributed by atoms with Crippen LogP contribution in [-0.2, 0) is 19.1 Å². The van der Waals surface area contributed by atoms with Gasteiger partial charge in [0.1, 0.15) is 6.61 Å². The highest BCUT2D eigenvalue weighted by molar-refractivity contribution is 6.21. The lowest BCUT2D eigenvalue weighted by molar-refractivity contribution is -0.384. The third-order valence-corrected chi connectivity index (χ3v) is 6.23. The molecule has 0 aromatic heterocycles. The van der Waals surface area contributed by atoms with E-state index in [-0.39, 0.29) is 41.1 Å². The molecule has 2 heterocycles. The number of hydrogen-bond donors (Lipinski definition) is 1. The van der Waals surface area contributed by atoms with Gasteiger partial charge in [-0.2, -0.15) is 0 Å². The molecule has 0 spiro atoms. The number of carbonyl (C=O) groups is 4. The molecule has 1 atom stereocenters. The van der Waals surface area contributed by atoms with Crippen molar-refractivity contribution in [3.8, 4) is 0 Å². The molecule has 190 valence electrons. The fourth-order valence-corrected chi connectivity index (χ4v) is 4.55. The minimum Gasteiger partial charge on any atom is -0.466 e. The van der Waals surface area contributed by atoms with Gasteiger partial charge < -0.3 is 14.8 Å².